The Balaban J connectivity index is 2.79. The molecule has 0 aromatic carbocycles. The van der Waals surface area contributed by atoms with E-state index in [1.165, 1.54) is 0 Å². The molecule has 1 aliphatic heterocycles. The van der Waals surface area contributed by atoms with Crippen LogP contribution in [0.5, 0.6) is 0 Å². The van der Waals surface area contributed by atoms with Gasteiger partial charge in [-0.25, -0.2) is 0 Å². The first-order valence-electron chi connectivity index (χ1n) is 6.31. The minimum Gasteiger partial charge on any atom is -0.480 e. The van der Waals surface area contributed by atoms with Gasteiger partial charge in [0.15, 0.2) is 0 Å². The van der Waals surface area contributed by atoms with E-state index in [2.05, 4.69) is 16.7 Å². The highest BCUT2D eigenvalue weighted by Gasteiger charge is 2.44. The fourth-order valence-electron chi connectivity index (χ4n) is 2.73. The fraction of sp³-hybridized carbons (Fsp3) is 0.917. The number of hydrogen-bond donors (Lipinski definition) is 1. The van der Waals surface area contributed by atoms with Crippen LogP contribution in [0.2, 0.25) is 0 Å². The second kappa shape index (κ2) is 5.64. The van der Waals surface area contributed by atoms with Crippen LogP contribution in [0.15, 0.2) is 0 Å². The average molecular weight is 228 g/mol. The summed E-state index contributed by atoms with van der Waals surface area (Å²) in [4.78, 5) is 16.0. The molecule has 0 amide bonds. The van der Waals surface area contributed by atoms with Gasteiger partial charge >= 0.3 is 5.97 Å². The zero-order valence-electron chi connectivity index (χ0n) is 10.7. The Hall–Kier alpha value is -0.610. The highest BCUT2D eigenvalue weighted by molar-refractivity contribution is 5.79. The van der Waals surface area contributed by atoms with E-state index >= 15 is 0 Å². The van der Waals surface area contributed by atoms with Gasteiger partial charge in [-0.2, -0.15) is 0 Å². The molecule has 1 aliphatic rings. The maximum Gasteiger partial charge on any atom is 0.324 e. The molecule has 1 N–H and O–H groups in total. The molecule has 1 fully saturated rings. The number of aliphatic carboxylic acids is 1. The molecule has 0 atom stereocenters. The van der Waals surface area contributed by atoms with Crippen LogP contribution in [0, 0.1) is 0 Å². The molecular formula is C12H24N2O2. The summed E-state index contributed by atoms with van der Waals surface area (Å²) in [5, 5.41) is 9.52. The second-order valence-electron chi connectivity index (χ2n) is 4.44. The summed E-state index contributed by atoms with van der Waals surface area (Å²) in [6.45, 7) is 10.7. The van der Waals surface area contributed by atoms with Crippen LogP contribution in [0.4, 0.5) is 0 Å². The SMILES string of the molecule is CCN1CCC(C(=O)O)(N(CC)CC)CC1. The molecule has 94 valence electrons. The molecule has 0 spiro atoms. The average Bonchev–Trinajstić information content (AvgIpc) is 2.31. The molecule has 0 saturated carbocycles. The number of hydrogen-bond acceptors (Lipinski definition) is 3. The number of piperidine rings is 1. The van der Waals surface area contributed by atoms with Gasteiger partial charge in [-0.3, -0.25) is 9.69 Å². The molecule has 0 bridgehead atoms. The molecule has 0 aromatic heterocycles. The summed E-state index contributed by atoms with van der Waals surface area (Å²) in [6.07, 6.45) is 1.50. The number of likely N-dealkylation sites (N-methyl/N-ethyl adjacent to an activating group) is 1. The lowest BCUT2D eigenvalue weighted by molar-refractivity contribution is -0.155. The van der Waals surface area contributed by atoms with Gasteiger partial charge in [0.1, 0.15) is 5.54 Å². The Morgan fingerprint density at radius 2 is 1.75 bits per heavy atom. The van der Waals surface area contributed by atoms with E-state index in [9.17, 15) is 9.90 Å². The number of rotatable bonds is 5. The van der Waals surface area contributed by atoms with Gasteiger partial charge in [0.2, 0.25) is 0 Å². The number of carbonyl (C=O) groups is 1. The molecule has 4 heteroatoms. The fourth-order valence-corrected chi connectivity index (χ4v) is 2.73. The summed E-state index contributed by atoms with van der Waals surface area (Å²) in [6, 6.07) is 0. The van der Waals surface area contributed by atoms with Gasteiger partial charge in [0, 0.05) is 13.1 Å². The highest BCUT2D eigenvalue weighted by atomic mass is 16.4. The van der Waals surface area contributed by atoms with E-state index < -0.39 is 11.5 Å². The van der Waals surface area contributed by atoms with E-state index in [0.717, 1.165) is 45.6 Å². The van der Waals surface area contributed by atoms with Crippen molar-refractivity contribution in [1.82, 2.24) is 9.80 Å². The maximum atomic E-state index is 11.6. The quantitative estimate of drug-likeness (QED) is 0.769. The van der Waals surface area contributed by atoms with Crippen molar-refractivity contribution >= 4 is 5.97 Å². The molecule has 1 saturated heterocycles. The normalized spacial score (nSPS) is 21.2. The Bertz CT molecular complexity index is 231. The molecule has 16 heavy (non-hydrogen) atoms. The van der Waals surface area contributed by atoms with Crippen molar-refractivity contribution in [2.24, 2.45) is 0 Å². The maximum absolute atomic E-state index is 11.6. The van der Waals surface area contributed by atoms with E-state index in [0.29, 0.717) is 0 Å². The third-order valence-corrected chi connectivity index (χ3v) is 3.90. The van der Waals surface area contributed by atoms with Gasteiger partial charge in [-0.15, -0.1) is 0 Å². The molecule has 0 radical (unpaired) electrons. The summed E-state index contributed by atoms with van der Waals surface area (Å²) in [5.74, 6) is -0.646. The van der Waals surface area contributed by atoms with E-state index in [4.69, 9.17) is 0 Å². The number of carboxylic acid groups (broad SMARTS) is 1. The molecule has 4 nitrogen and oxygen atoms in total. The first-order valence-corrected chi connectivity index (χ1v) is 6.31. The first-order chi connectivity index (χ1) is 7.60. The van der Waals surface area contributed by atoms with Gasteiger partial charge < -0.3 is 10.0 Å². The molecule has 0 aliphatic carbocycles. The van der Waals surface area contributed by atoms with Crippen molar-refractivity contribution < 1.29 is 9.90 Å². The third kappa shape index (κ3) is 2.38. The number of nitrogens with zero attached hydrogens (tertiary/aromatic N) is 2. The highest BCUT2D eigenvalue weighted by Crippen LogP contribution is 2.29. The van der Waals surface area contributed by atoms with Crippen LogP contribution in [-0.2, 0) is 4.79 Å². The van der Waals surface area contributed by atoms with E-state index in [-0.39, 0.29) is 0 Å². The Labute approximate surface area is 98.2 Å². The van der Waals surface area contributed by atoms with Crippen LogP contribution >= 0.6 is 0 Å². The third-order valence-electron chi connectivity index (χ3n) is 3.90. The van der Waals surface area contributed by atoms with Crippen molar-refractivity contribution in [2.75, 3.05) is 32.7 Å². The molecule has 0 aromatic rings. The smallest absolute Gasteiger partial charge is 0.324 e. The zero-order valence-corrected chi connectivity index (χ0v) is 10.7. The van der Waals surface area contributed by atoms with Crippen LogP contribution in [0.25, 0.3) is 0 Å². The minimum atomic E-state index is -0.646. The summed E-state index contributed by atoms with van der Waals surface area (Å²) in [7, 11) is 0. The molecule has 1 rings (SSSR count). The van der Waals surface area contributed by atoms with Gasteiger partial charge in [0.05, 0.1) is 0 Å². The largest absolute Gasteiger partial charge is 0.480 e. The lowest BCUT2D eigenvalue weighted by Gasteiger charge is -2.45. The van der Waals surface area contributed by atoms with Crippen molar-refractivity contribution in [3.05, 3.63) is 0 Å². The second-order valence-corrected chi connectivity index (χ2v) is 4.44. The predicted octanol–water partition coefficient (Wildman–Crippen LogP) is 1.27. The van der Waals surface area contributed by atoms with Crippen molar-refractivity contribution in [2.45, 2.75) is 39.2 Å². The van der Waals surface area contributed by atoms with Crippen molar-refractivity contribution in [3.8, 4) is 0 Å². The standard InChI is InChI=1S/C12H24N2O2/c1-4-13-9-7-12(8-10-13,11(15)16)14(5-2)6-3/h4-10H2,1-3H3,(H,15,16). The van der Waals surface area contributed by atoms with Crippen molar-refractivity contribution in [3.63, 3.8) is 0 Å². The van der Waals surface area contributed by atoms with Crippen LogP contribution in [0.1, 0.15) is 33.6 Å². The van der Waals surface area contributed by atoms with Gasteiger partial charge in [0.25, 0.3) is 0 Å². The Kier molecular flexibility index (Phi) is 4.74. The lowest BCUT2D eigenvalue weighted by atomic mass is 9.85. The molecule has 0 unspecified atom stereocenters. The van der Waals surface area contributed by atoms with Gasteiger partial charge in [-0.1, -0.05) is 20.8 Å². The van der Waals surface area contributed by atoms with Crippen LogP contribution < -0.4 is 0 Å². The summed E-state index contributed by atoms with van der Waals surface area (Å²) < 4.78 is 0. The van der Waals surface area contributed by atoms with Crippen LogP contribution in [0.3, 0.4) is 0 Å². The van der Waals surface area contributed by atoms with E-state index in [1.807, 2.05) is 13.8 Å². The topological polar surface area (TPSA) is 43.8 Å². The summed E-state index contributed by atoms with van der Waals surface area (Å²) >= 11 is 0. The Morgan fingerprint density at radius 3 is 2.06 bits per heavy atom. The number of likely N-dealkylation sites (tertiary alicyclic amines) is 1. The molecule has 1 heterocycles. The zero-order chi connectivity index (χ0) is 12.2. The Morgan fingerprint density at radius 1 is 1.25 bits per heavy atom. The summed E-state index contributed by atoms with van der Waals surface area (Å²) in [5.41, 5.74) is -0.616. The van der Waals surface area contributed by atoms with E-state index in [1.54, 1.807) is 0 Å². The first kappa shape index (κ1) is 13.5. The van der Waals surface area contributed by atoms with Crippen molar-refractivity contribution in [1.29, 1.82) is 0 Å². The van der Waals surface area contributed by atoms with Crippen LogP contribution in [-0.4, -0.2) is 59.1 Å². The minimum absolute atomic E-state index is 0.616. The van der Waals surface area contributed by atoms with Gasteiger partial charge in [-0.05, 0) is 32.5 Å². The predicted molar refractivity (Wildman–Crippen MR) is 64.6 cm³/mol. The number of carboxylic acids is 1. The lowest BCUT2D eigenvalue weighted by Crippen LogP contribution is -2.60. The monoisotopic (exact) mass is 228 g/mol. The molecular weight excluding hydrogens is 204 g/mol.